The number of fused-ring (bicyclic) bond motifs is 2. The summed E-state index contributed by atoms with van der Waals surface area (Å²) < 4.78 is 0. The van der Waals surface area contributed by atoms with Gasteiger partial charge in [-0.15, -0.1) is 11.8 Å². The third kappa shape index (κ3) is 3.57. The van der Waals surface area contributed by atoms with Crippen molar-refractivity contribution in [3.63, 3.8) is 0 Å². The number of anilines is 1. The molecule has 0 aromatic heterocycles. The van der Waals surface area contributed by atoms with E-state index < -0.39 is 0 Å². The number of thioether (sulfide) groups is 1. The van der Waals surface area contributed by atoms with Crippen LogP contribution in [-0.2, 0) is 11.3 Å². The first-order valence-electron chi connectivity index (χ1n) is 11.6. The van der Waals surface area contributed by atoms with Crippen molar-refractivity contribution < 1.29 is 9.59 Å². The van der Waals surface area contributed by atoms with Gasteiger partial charge in [0.1, 0.15) is 0 Å². The zero-order chi connectivity index (χ0) is 22.4. The highest BCUT2D eigenvalue weighted by molar-refractivity contribution is 8.04. The maximum Gasteiger partial charge on any atom is 0.332 e. The van der Waals surface area contributed by atoms with Gasteiger partial charge >= 0.3 is 6.03 Å². The molecule has 2 heterocycles. The van der Waals surface area contributed by atoms with Crippen LogP contribution in [0.1, 0.15) is 54.4 Å². The molecule has 2 aromatic carbocycles. The summed E-state index contributed by atoms with van der Waals surface area (Å²) in [5, 5.41) is -0.138. The Bertz CT molecular complexity index is 1120. The first-order valence-corrected chi connectivity index (χ1v) is 12.5. The first kappa shape index (κ1) is 21.3. The highest BCUT2D eigenvalue weighted by Gasteiger charge is 2.52. The van der Waals surface area contributed by atoms with Gasteiger partial charge in [-0.25, -0.2) is 9.69 Å². The molecule has 2 aromatic rings. The van der Waals surface area contributed by atoms with Gasteiger partial charge < -0.3 is 4.90 Å². The number of imide groups is 1. The lowest BCUT2D eigenvalue weighted by Gasteiger charge is -2.42. The fourth-order valence-corrected chi connectivity index (χ4v) is 6.79. The molecule has 3 aliphatic rings. The zero-order valence-electron chi connectivity index (χ0n) is 19.1. The Balaban J connectivity index is 1.58. The Labute approximate surface area is 194 Å². The number of urea groups is 1. The molecular formula is C27H30N2O2S. The van der Waals surface area contributed by atoms with Gasteiger partial charge in [0, 0.05) is 6.54 Å². The lowest BCUT2D eigenvalue weighted by atomic mass is 9.90. The molecule has 5 heteroatoms. The molecule has 0 spiro atoms. The van der Waals surface area contributed by atoms with Gasteiger partial charge in [0.15, 0.2) is 0 Å². The minimum Gasteiger partial charge on any atom is -0.306 e. The van der Waals surface area contributed by atoms with Crippen molar-refractivity contribution in [2.24, 2.45) is 5.92 Å². The number of aryl methyl sites for hydroxylation is 3. The molecule has 2 unspecified atom stereocenters. The van der Waals surface area contributed by atoms with Gasteiger partial charge in [-0.1, -0.05) is 36.8 Å². The second-order valence-electron chi connectivity index (χ2n) is 9.27. The fourth-order valence-electron chi connectivity index (χ4n) is 5.14. The molecule has 4 nitrogen and oxygen atoms in total. The Morgan fingerprint density at radius 3 is 2.47 bits per heavy atom. The smallest absolute Gasteiger partial charge is 0.306 e. The number of carbonyl (C=O) groups is 2. The molecule has 166 valence electrons. The van der Waals surface area contributed by atoms with Crippen molar-refractivity contribution in [3.8, 4) is 0 Å². The standard InChI is InChI=1S/C27H30N2O2S/c1-17-13-14-21(15-19(17)3)29-25(30)24-22-11-5-4-6-12-23(22)32-26(24)28(27(29)31)16-20-10-8-7-9-18(20)2/h7-10,13-15,24,26H,4-6,11-12,16H2,1-3H3. The monoisotopic (exact) mass is 446 g/mol. The Morgan fingerprint density at radius 2 is 1.69 bits per heavy atom. The lowest BCUT2D eigenvalue weighted by Crippen LogP contribution is -2.60. The van der Waals surface area contributed by atoms with Crippen molar-refractivity contribution in [1.29, 1.82) is 0 Å². The van der Waals surface area contributed by atoms with Crippen LogP contribution in [0, 0.1) is 26.7 Å². The SMILES string of the molecule is Cc1ccc(N2C(=O)C3C4=C(CCCCC4)SC3N(Cc3ccccc3C)C2=O)cc1C. The van der Waals surface area contributed by atoms with E-state index in [4.69, 9.17) is 0 Å². The molecule has 0 saturated carbocycles. The minimum absolute atomic E-state index is 0.0521. The number of hydrogen-bond acceptors (Lipinski definition) is 3. The molecule has 3 amide bonds. The van der Waals surface area contributed by atoms with Crippen LogP contribution in [0.5, 0.6) is 0 Å². The molecule has 32 heavy (non-hydrogen) atoms. The largest absolute Gasteiger partial charge is 0.332 e. The van der Waals surface area contributed by atoms with Gasteiger partial charge in [0.05, 0.1) is 17.0 Å². The van der Waals surface area contributed by atoms with Gasteiger partial charge in [0.25, 0.3) is 0 Å². The molecule has 1 fully saturated rings. The molecule has 1 saturated heterocycles. The predicted molar refractivity (Wildman–Crippen MR) is 130 cm³/mol. The summed E-state index contributed by atoms with van der Waals surface area (Å²) in [4.78, 5) is 32.5. The van der Waals surface area contributed by atoms with Crippen LogP contribution in [0.15, 0.2) is 52.9 Å². The number of amides is 3. The van der Waals surface area contributed by atoms with Crippen LogP contribution >= 0.6 is 11.8 Å². The van der Waals surface area contributed by atoms with Crippen LogP contribution < -0.4 is 4.90 Å². The number of hydrogen-bond donors (Lipinski definition) is 0. The molecule has 0 radical (unpaired) electrons. The quantitative estimate of drug-likeness (QED) is 0.541. The van der Waals surface area contributed by atoms with Gasteiger partial charge in [-0.3, -0.25) is 4.79 Å². The highest BCUT2D eigenvalue weighted by Crippen LogP contribution is 2.52. The van der Waals surface area contributed by atoms with Crippen molar-refractivity contribution in [2.75, 3.05) is 4.90 Å². The second kappa shape index (κ2) is 8.43. The first-order chi connectivity index (χ1) is 15.5. The third-order valence-electron chi connectivity index (χ3n) is 7.21. The summed E-state index contributed by atoms with van der Waals surface area (Å²) in [6.45, 7) is 6.69. The van der Waals surface area contributed by atoms with Gasteiger partial charge in [-0.05, 0) is 91.3 Å². The number of nitrogens with zero attached hydrogens (tertiary/aromatic N) is 2. The molecule has 2 aliphatic heterocycles. The average molecular weight is 447 g/mol. The van der Waals surface area contributed by atoms with Crippen molar-refractivity contribution in [2.45, 2.75) is 64.8 Å². The highest BCUT2D eigenvalue weighted by atomic mass is 32.2. The Kier molecular flexibility index (Phi) is 5.62. The van der Waals surface area contributed by atoms with Crippen LogP contribution in [0.2, 0.25) is 0 Å². The van der Waals surface area contributed by atoms with E-state index in [2.05, 4.69) is 26.0 Å². The fraction of sp³-hybridized carbons (Fsp3) is 0.407. The van der Waals surface area contributed by atoms with Crippen molar-refractivity contribution >= 4 is 29.4 Å². The Hall–Kier alpha value is -2.53. The lowest BCUT2D eigenvalue weighted by molar-refractivity contribution is -0.122. The van der Waals surface area contributed by atoms with Crippen LogP contribution in [0.25, 0.3) is 0 Å². The normalized spacial score (nSPS) is 23.3. The predicted octanol–water partition coefficient (Wildman–Crippen LogP) is 6.49. The summed E-state index contributed by atoms with van der Waals surface area (Å²) in [5.41, 5.74) is 6.53. The minimum atomic E-state index is -0.239. The summed E-state index contributed by atoms with van der Waals surface area (Å²) in [7, 11) is 0. The number of rotatable bonds is 3. The van der Waals surface area contributed by atoms with E-state index in [0.717, 1.165) is 36.0 Å². The molecular weight excluding hydrogens is 416 g/mol. The maximum atomic E-state index is 13.9. The van der Waals surface area contributed by atoms with Crippen LogP contribution in [0.3, 0.4) is 0 Å². The maximum absolute atomic E-state index is 13.9. The summed E-state index contributed by atoms with van der Waals surface area (Å²) in [5.74, 6) is -0.292. The van der Waals surface area contributed by atoms with Gasteiger partial charge in [0.2, 0.25) is 5.91 Å². The Morgan fingerprint density at radius 1 is 0.906 bits per heavy atom. The molecule has 1 aliphatic carbocycles. The topological polar surface area (TPSA) is 40.6 Å². The van der Waals surface area contributed by atoms with Gasteiger partial charge in [-0.2, -0.15) is 0 Å². The second-order valence-corrected chi connectivity index (χ2v) is 10.5. The van der Waals surface area contributed by atoms with E-state index >= 15 is 0 Å². The zero-order valence-corrected chi connectivity index (χ0v) is 19.9. The molecule has 0 N–H and O–H groups in total. The molecule has 0 bridgehead atoms. The average Bonchev–Trinajstić information content (AvgIpc) is 2.97. The van der Waals surface area contributed by atoms with E-state index in [-0.39, 0.29) is 23.2 Å². The van der Waals surface area contributed by atoms with E-state index in [1.807, 2.05) is 42.2 Å². The third-order valence-corrected chi connectivity index (χ3v) is 8.73. The van der Waals surface area contributed by atoms with E-state index in [0.29, 0.717) is 12.2 Å². The summed E-state index contributed by atoms with van der Waals surface area (Å²) in [6, 6.07) is 13.9. The van der Waals surface area contributed by atoms with E-state index in [1.165, 1.54) is 33.8 Å². The van der Waals surface area contributed by atoms with E-state index in [1.54, 1.807) is 11.8 Å². The van der Waals surface area contributed by atoms with Crippen LogP contribution in [0.4, 0.5) is 10.5 Å². The number of benzene rings is 2. The molecule has 2 atom stereocenters. The number of allylic oxidation sites excluding steroid dienone is 1. The van der Waals surface area contributed by atoms with Crippen LogP contribution in [-0.4, -0.2) is 22.2 Å². The van der Waals surface area contributed by atoms with E-state index in [9.17, 15) is 9.59 Å². The summed E-state index contributed by atoms with van der Waals surface area (Å²) >= 11 is 1.77. The van der Waals surface area contributed by atoms with Crippen molar-refractivity contribution in [3.05, 3.63) is 75.2 Å². The molecule has 5 rings (SSSR count). The summed E-state index contributed by atoms with van der Waals surface area (Å²) in [6.07, 6.45) is 5.53. The number of carbonyl (C=O) groups excluding carboxylic acids is 2. The van der Waals surface area contributed by atoms with Crippen molar-refractivity contribution in [1.82, 2.24) is 4.90 Å².